The summed E-state index contributed by atoms with van der Waals surface area (Å²) in [6, 6.07) is 12.1. The SMILES string of the molecule is COC(=O)c1cc(-c2nnc([C@@](C)(Cc3ccccc3)NC(=O)OC(C)(C)C)o2)cc(N(C)S(C)(=O)=O)n1. The number of alkyl carbamates (subject to hydrolysis) is 1. The Morgan fingerprint density at radius 3 is 2.32 bits per heavy atom. The molecule has 3 aromatic rings. The highest BCUT2D eigenvalue weighted by atomic mass is 32.2. The summed E-state index contributed by atoms with van der Waals surface area (Å²) in [7, 11) is -1.22. The fourth-order valence-corrected chi connectivity index (χ4v) is 3.88. The lowest BCUT2D eigenvalue weighted by Crippen LogP contribution is -2.47. The molecular weight excluding hydrogens is 514 g/mol. The topological polar surface area (TPSA) is 154 Å². The van der Waals surface area contributed by atoms with Crippen molar-refractivity contribution in [1.29, 1.82) is 0 Å². The molecule has 1 amide bonds. The number of carbonyl (C=O) groups is 2. The minimum atomic E-state index is -3.69. The molecule has 2 aromatic heterocycles. The first kappa shape index (κ1) is 28.6. The second-order valence-corrected chi connectivity index (χ2v) is 11.9. The molecule has 13 heteroatoms. The van der Waals surface area contributed by atoms with E-state index in [4.69, 9.17) is 13.9 Å². The Morgan fingerprint density at radius 1 is 1.08 bits per heavy atom. The highest BCUT2D eigenvalue weighted by Crippen LogP contribution is 2.30. The standard InChI is InChI=1S/C25H31N5O7S/c1-24(2,3)37-23(32)27-25(4,15-16-11-9-8-10-12-16)22-29-28-20(36-22)17-13-18(21(31)35-6)26-19(14-17)30(5)38(7,33)34/h8-14H,15H2,1-7H3,(H,27,32)/t25-/m1/s1. The Kier molecular flexibility index (Phi) is 8.10. The van der Waals surface area contributed by atoms with Crippen LogP contribution in [0.4, 0.5) is 10.6 Å². The van der Waals surface area contributed by atoms with Crippen molar-refractivity contribution in [3.63, 3.8) is 0 Å². The monoisotopic (exact) mass is 545 g/mol. The van der Waals surface area contributed by atoms with Crippen molar-refractivity contribution in [2.24, 2.45) is 0 Å². The van der Waals surface area contributed by atoms with E-state index in [1.165, 1.54) is 26.3 Å². The van der Waals surface area contributed by atoms with E-state index in [1.54, 1.807) is 27.7 Å². The summed E-state index contributed by atoms with van der Waals surface area (Å²) < 4.78 is 41.3. The van der Waals surface area contributed by atoms with Crippen LogP contribution in [-0.4, -0.2) is 61.7 Å². The summed E-state index contributed by atoms with van der Waals surface area (Å²) in [6.07, 6.45) is 0.617. The molecule has 0 aliphatic heterocycles. The Labute approximate surface area is 221 Å². The van der Waals surface area contributed by atoms with Crippen molar-refractivity contribution in [2.45, 2.75) is 45.3 Å². The molecule has 0 bridgehead atoms. The number of hydrogen-bond donors (Lipinski definition) is 1. The number of benzene rings is 1. The zero-order valence-electron chi connectivity index (χ0n) is 22.3. The summed E-state index contributed by atoms with van der Waals surface area (Å²) in [5, 5.41) is 11.1. The summed E-state index contributed by atoms with van der Waals surface area (Å²) >= 11 is 0. The first-order chi connectivity index (χ1) is 17.6. The van der Waals surface area contributed by atoms with Crippen LogP contribution >= 0.6 is 0 Å². The number of anilines is 1. The smallest absolute Gasteiger partial charge is 0.408 e. The van der Waals surface area contributed by atoms with Crippen LogP contribution in [-0.2, 0) is 31.5 Å². The van der Waals surface area contributed by atoms with Gasteiger partial charge in [-0.25, -0.2) is 23.0 Å². The van der Waals surface area contributed by atoms with Gasteiger partial charge in [0.15, 0.2) is 5.69 Å². The molecule has 12 nitrogen and oxygen atoms in total. The van der Waals surface area contributed by atoms with Gasteiger partial charge in [-0.2, -0.15) is 0 Å². The van der Waals surface area contributed by atoms with Gasteiger partial charge in [-0.3, -0.25) is 4.31 Å². The molecule has 0 saturated carbocycles. The summed E-state index contributed by atoms with van der Waals surface area (Å²) in [5.74, 6) is -0.794. The molecule has 2 heterocycles. The molecule has 1 atom stereocenters. The molecule has 0 fully saturated rings. The van der Waals surface area contributed by atoms with Gasteiger partial charge in [-0.1, -0.05) is 30.3 Å². The van der Waals surface area contributed by atoms with Crippen molar-refractivity contribution < 1.29 is 31.9 Å². The van der Waals surface area contributed by atoms with E-state index in [0.717, 1.165) is 16.1 Å². The number of hydrogen-bond acceptors (Lipinski definition) is 10. The zero-order chi connectivity index (χ0) is 28.3. The molecule has 0 radical (unpaired) electrons. The minimum Gasteiger partial charge on any atom is -0.464 e. The average molecular weight is 546 g/mol. The van der Waals surface area contributed by atoms with Gasteiger partial charge >= 0.3 is 12.1 Å². The van der Waals surface area contributed by atoms with Crippen LogP contribution in [0.25, 0.3) is 11.5 Å². The predicted molar refractivity (Wildman–Crippen MR) is 139 cm³/mol. The van der Waals surface area contributed by atoms with Crippen molar-refractivity contribution in [3.8, 4) is 11.5 Å². The molecule has 38 heavy (non-hydrogen) atoms. The van der Waals surface area contributed by atoms with Crippen LogP contribution in [0.5, 0.6) is 0 Å². The molecule has 0 spiro atoms. The van der Waals surface area contributed by atoms with E-state index in [1.807, 2.05) is 30.3 Å². The highest BCUT2D eigenvalue weighted by molar-refractivity contribution is 7.92. The van der Waals surface area contributed by atoms with Crippen LogP contribution in [0.15, 0.2) is 46.9 Å². The molecule has 3 rings (SSSR count). The molecule has 0 saturated heterocycles. The van der Waals surface area contributed by atoms with Gasteiger partial charge in [-0.05, 0) is 45.4 Å². The van der Waals surface area contributed by atoms with E-state index >= 15 is 0 Å². The lowest BCUT2D eigenvalue weighted by molar-refractivity contribution is 0.0443. The van der Waals surface area contributed by atoms with Gasteiger partial charge in [0.1, 0.15) is 17.0 Å². The van der Waals surface area contributed by atoms with E-state index < -0.39 is 33.2 Å². The van der Waals surface area contributed by atoms with E-state index in [9.17, 15) is 18.0 Å². The number of pyridine rings is 1. The van der Waals surface area contributed by atoms with Gasteiger partial charge in [0.05, 0.1) is 13.4 Å². The molecule has 1 aromatic carbocycles. The lowest BCUT2D eigenvalue weighted by atomic mass is 9.92. The molecule has 204 valence electrons. The Hall–Kier alpha value is -4.00. The number of aromatic nitrogens is 3. The summed E-state index contributed by atoms with van der Waals surface area (Å²) in [6.45, 7) is 6.97. The van der Waals surface area contributed by atoms with Gasteiger partial charge in [-0.15, -0.1) is 10.2 Å². The molecule has 0 unspecified atom stereocenters. The largest absolute Gasteiger partial charge is 0.464 e. The van der Waals surface area contributed by atoms with Crippen LogP contribution < -0.4 is 9.62 Å². The van der Waals surface area contributed by atoms with Gasteiger partial charge in [0.25, 0.3) is 0 Å². The Balaban J connectivity index is 2.07. The number of sulfonamides is 1. The number of rotatable bonds is 8. The van der Waals surface area contributed by atoms with E-state index in [0.29, 0.717) is 6.42 Å². The number of methoxy groups -OCH3 is 1. The lowest BCUT2D eigenvalue weighted by Gasteiger charge is -2.29. The number of nitrogens with zero attached hydrogens (tertiary/aromatic N) is 4. The quantitative estimate of drug-likeness (QED) is 0.417. The highest BCUT2D eigenvalue weighted by Gasteiger charge is 2.37. The fraction of sp³-hybridized carbons (Fsp3) is 0.400. The first-order valence-electron chi connectivity index (χ1n) is 11.5. The van der Waals surface area contributed by atoms with Crippen LogP contribution in [0.3, 0.4) is 0 Å². The van der Waals surface area contributed by atoms with Crippen molar-refractivity contribution in [2.75, 3.05) is 24.7 Å². The third-order valence-electron chi connectivity index (χ3n) is 5.35. The van der Waals surface area contributed by atoms with E-state index in [2.05, 4.69) is 20.5 Å². The van der Waals surface area contributed by atoms with Crippen LogP contribution in [0.2, 0.25) is 0 Å². The number of esters is 1. The Bertz CT molecular complexity index is 1420. The maximum Gasteiger partial charge on any atom is 0.408 e. The van der Waals surface area contributed by atoms with Gasteiger partial charge < -0.3 is 19.2 Å². The van der Waals surface area contributed by atoms with E-state index in [-0.39, 0.29) is 28.9 Å². The second kappa shape index (κ2) is 10.8. The molecule has 0 aliphatic rings. The third kappa shape index (κ3) is 7.06. The van der Waals surface area contributed by atoms with Gasteiger partial charge in [0, 0.05) is 19.0 Å². The molecular formula is C25H31N5O7S. The number of ether oxygens (including phenoxy) is 2. The van der Waals surface area contributed by atoms with Crippen molar-refractivity contribution >= 4 is 27.9 Å². The molecule has 0 aliphatic carbocycles. The third-order valence-corrected chi connectivity index (χ3v) is 6.53. The number of carbonyl (C=O) groups excluding carboxylic acids is 2. The zero-order valence-corrected chi connectivity index (χ0v) is 23.1. The molecule has 1 N–H and O–H groups in total. The normalized spacial score (nSPS) is 13.3. The summed E-state index contributed by atoms with van der Waals surface area (Å²) in [5.41, 5.74) is -0.960. The van der Waals surface area contributed by atoms with Crippen molar-refractivity contribution in [1.82, 2.24) is 20.5 Å². The number of amides is 1. The first-order valence-corrected chi connectivity index (χ1v) is 13.4. The maximum absolute atomic E-state index is 12.7. The predicted octanol–water partition coefficient (Wildman–Crippen LogP) is 3.30. The van der Waals surface area contributed by atoms with Crippen molar-refractivity contribution in [3.05, 3.63) is 59.6 Å². The minimum absolute atomic E-state index is 0.0269. The second-order valence-electron chi connectivity index (χ2n) is 9.86. The number of nitrogens with one attached hydrogen (secondary N) is 1. The summed E-state index contributed by atoms with van der Waals surface area (Å²) in [4.78, 5) is 29.1. The Morgan fingerprint density at radius 2 is 1.74 bits per heavy atom. The maximum atomic E-state index is 12.7. The average Bonchev–Trinajstić information content (AvgIpc) is 3.33. The van der Waals surface area contributed by atoms with Gasteiger partial charge in [0.2, 0.25) is 21.8 Å². The van der Waals surface area contributed by atoms with Crippen LogP contribution in [0.1, 0.15) is 49.6 Å². The van der Waals surface area contributed by atoms with Crippen LogP contribution in [0, 0.1) is 0 Å². The fourth-order valence-electron chi connectivity index (χ4n) is 3.45.